The molecule has 1 aliphatic heterocycles. The predicted octanol–water partition coefficient (Wildman–Crippen LogP) is 3.58. The normalized spacial score (nSPS) is 19.6. The molecule has 1 aliphatic rings. The van der Waals surface area contributed by atoms with Gasteiger partial charge in [0.15, 0.2) is 0 Å². The zero-order valence-corrected chi connectivity index (χ0v) is 14.5. The summed E-state index contributed by atoms with van der Waals surface area (Å²) in [6.07, 6.45) is -4.54. The molecule has 0 bridgehead atoms. The van der Waals surface area contributed by atoms with Crippen LogP contribution in [0, 0.1) is 10.1 Å². The largest absolute Gasteiger partial charge is 0.416 e. The first kappa shape index (κ1) is 19.3. The van der Waals surface area contributed by atoms with Crippen molar-refractivity contribution in [3.63, 3.8) is 0 Å². The Bertz CT molecular complexity index is 959. The van der Waals surface area contributed by atoms with Crippen molar-refractivity contribution in [3.8, 4) is 0 Å². The van der Waals surface area contributed by atoms with Crippen molar-refractivity contribution in [3.05, 3.63) is 75.3 Å². The number of hydrogen-bond donors (Lipinski definition) is 1. The van der Waals surface area contributed by atoms with Gasteiger partial charge in [-0.2, -0.15) is 13.2 Å². The lowest BCUT2D eigenvalue weighted by atomic mass is 9.92. The Morgan fingerprint density at radius 3 is 2.36 bits per heavy atom. The Kier molecular flexibility index (Phi) is 4.58. The first-order valence-corrected chi connectivity index (χ1v) is 8.07. The Hall–Kier alpha value is -3.43. The number of benzene rings is 2. The maximum Gasteiger partial charge on any atom is 0.416 e. The highest BCUT2D eigenvalue weighted by molar-refractivity contribution is 6.07. The number of rotatable bonds is 4. The van der Waals surface area contributed by atoms with Gasteiger partial charge >= 0.3 is 12.2 Å². The van der Waals surface area contributed by atoms with Gasteiger partial charge in [0.1, 0.15) is 5.54 Å². The van der Waals surface area contributed by atoms with Gasteiger partial charge in [0.2, 0.25) is 0 Å². The van der Waals surface area contributed by atoms with Crippen LogP contribution in [0.2, 0.25) is 0 Å². The molecule has 7 nitrogen and oxygen atoms in total. The Morgan fingerprint density at radius 1 is 1.14 bits per heavy atom. The molecule has 1 unspecified atom stereocenters. The number of amides is 3. The van der Waals surface area contributed by atoms with Crippen molar-refractivity contribution >= 4 is 17.6 Å². The molecule has 28 heavy (non-hydrogen) atoms. The van der Waals surface area contributed by atoms with E-state index >= 15 is 0 Å². The lowest BCUT2D eigenvalue weighted by Gasteiger charge is -2.22. The second-order valence-electron chi connectivity index (χ2n) is 6.45. The summed E-state index contributed by atoms with van der Waals surface area (Å²) < 4.78 is 38.6. The van der Waals surface area contributed by atoms with Gasteiger partial charge in [-0.15, -0.1) is 0 Å². The van der Waals surface area contributed by atoms with E-state index in [2.05, 4.69) is 5.32 Å². The molecule has 1 heterocycles. The van der Waals surface area contributed by atoms with Gasteiger partial charge in [0, 0.05) is 12.1 Å². The Balaban J connectivity index is 1.86. The molecular weight excluding hydrogens is 379 g/mol. The van der Waals surface area contributed by atoms with E-state index in [0.29, 0.717) is 5.56 Å². The van der Waals surface area contributed by atoms with E-state index in [-0.39, 0.29) is 17.8 Å². The number of nitro benzene ring substituents is 1. The summed E-state index contributed by atoms with van der Waals surface area (Å²) in [4.78, 5) is 36.1. The highest BCUT2D eigenvalue weighted by atomic mass is 19.4. The molecule has 2 aromatic rings. The summed E-state index contributed by atoms with van der Waals surface area (Å²) in [6, 6.07) is 8.71. The average molecular weight is 393 g/mol. The van der Waals surface area contributed by atoms with Crippen LogP contribution in [0.4, 0.5) is 23.7 Å². The number of carbonyl (C=O) groups is 2. The molecule has 0 spiro atoms. The minimum atomic E-state index is -4.54. The van der Waals surface area contributed by atoms with Gasteiger partial charge in [-0.25, -0.2) is 4.79 Å². The van der Waals surface area contributed by atoms with E-state index in [1.54, 1.807) is 0 Å². The molecule has 0 radical (unpaired) electrons. The van der Waals surface area contributed by atoms with E-state index in [1.165, 1.54) is 43.3 Å². The number of halogens is 3. The van der Waals surface area contributed by atoms with Gasteiger partial charge in [0.05, 0.1) is 17.0 Å². The fraction of sp³-hybridized carbons (Fsp3) is 0.222. The minimum absolute atomic E-state index is 0.145. The molecular formula is C18H14F3N3O4. The van der Waals surface area contributed by atoms with Gasteiger partial charge in [0.25, 0.3) is 11.6 Å². The number of urea groups is 1. The van der Waals surface area contributed by atoms with Crippen LogP contribution in [0.3, 0.4) is 0 Å². The first-order chi connectivity index (χ1) is 13.0. The molecule has 146 valence electrons. The monoisotopic (exact) mass is 393 g/mol. The van der Waals surface area contributed by atoms with Crippen LogP contribution in [-0.4, -0.2) is 21.8 Å². The molecule has 1 fully saturated rings. The van der Waals surface area contributed by atoms with Crippen molar-refractivity contribution in [2.24, 2.45) is 0 Å². The zero-order chi connectivity index (χ0) is 20.7. The molecule has 3 amide bonds. The molecule has 10 heteroatoms. The summed E-state index contributed by atoms with van der Waals surface area (Å²) in [5, 5.41) is 13.3. The first-order valence-electron chi connectivity index (χ1n) is 8.07. The third-order valence-electron chi connectivity index (χ3n) is 4.53. The van der Waals surface area contributed by atoms with Crippen LogP contribution in [0.5, 0.6) is 0 Å². The van der Waals surface area contributed by atoms with Gasteiger partial charge in [-0.1, -0.05) is 12.1 Å². The van der Waals surface area contributed by atoms with Crippen molar-refractivity contribution in [1.82, 2.24) is 10.2 Å². The maximum atomic E-state index is 12.9. The van der Waals surface area contributed by atoms with Gasteiger partial charge < -0.3 is 5.32 Å². The summed E-state index contributed by atoms with van der Waals surface area (Å²) in [5.74, 6) is -0.663. The average Bonchev–Trinajstić information content (AvgIpc) is 2.85. The fourth-order valence-electron chi connectivity index (χ4n) is 2.98. The second-order valence-corrected chi connectivity index (χ2v) is 6.45. The Morgan fingerprint density at radius 2 is 1.79 bits per heavy atom. The summed E-state index contributed by atoms with van der Waals surface area (Å²) in [7, 11) is 0. The maximum absolute atomic E-state index is 12.9. The number of hydrogen-bond acceptors (Lipinski definition) is 4. The van der Waals surface area contributed by atoms with Gasteiger partial charge in [-0.3, -0.25) is 19.8 Å². The topological polar surface area (TPSA) is 92.6 Å². The van der Waals surface area contributed by atoms with Crippen LogP contribution >= 0.6 is 0 Å². The lowest BCUT2D eigenvalue weighted by Crippen LogP contribution is -2.40. The summed E-state index contributed by atoms with van der Waals surface area (Å²) in [6.45, 7) is 1.09. The van der Waals surface area contributed by atoms with E-state index in [1.807, 2.05) is 0 Å². The summed E-state index contributed by atoms with van der Waals surface area (Å²) in [5.41, 5.74) is -2.07. The molecule has 1 N–H and O–H groups in total. The van der Waals surface area contributed by atoms with E-state index < -0.39 is 34.1 Å². The molecule has 2 aromatic carbocycles. The smallest absolute Gasteiger partial charge is 0.319 e. The number of imide groups is 1. The highest BCUT2D eigenvalue weighted by Crippen LogP contribution is 2.32. The quantitative estimate of drug-likeness (QED) is 0.488. The van der Waals surface area contributed by atoms with Crippen molar-refractivity contribution < 1.29 is 27.7 Å². The third-order valence-corrected chi connectivity index (χ3v) is 4.53. The molecule has 0 aliphatic carbocycles. The number of carbonyl (C=O) groups excluding carboxylic acids is 2. The number of alkyl halides is 3. The molecule has 1 atom stereocenters. The van der Waals surface area contributed by atoms with Crippen molar-refractivity contribution in [2.75, 3.05) is 0 Å². The van der Waals surface area contributed by atoms with Crippen molar-refractivity contribution in [2.45, 2.75) is 25.2 Å². The minimum Gasteiger partial charge on any atom is -0.319 e. The third kappa shape index (κ3) is 3.40. The molecule has 1 saturated heterocycles. The van der Waals surface area contributed by atoms with Crippen LogP contribution in [0.1, 0.15) is 23.6 Å². The van der Waals surface area contributed by atoms with E-state index in [4.69, 9.17) is 0 Å². The summed E-state index contributed by atoms with van der Waals surface area (Å²) >= 11 is 0. The number of nitrogens with one attached hydrogen (secondary N) is 1. The van der Waals surface area contributed by atoms with Crippen LogP contribution in [-0.2, 0) is 23.1 Å². The van der Waals surface area contributed by atoms with Crippen LogP contribution < -0.4 is 5.32 Å². The fourth-order valence-corrected chi connectivity index (χ4v) is 2.98. The second kappa shape index (κ2) is 6.63. The highest BCUT2D eigenvalue weighted by Gasteiger charge is 2.49. The SMILES string of the molecule is CC1(c2ccc([N+](=O)[O-])cc2)NC(=O)N(Cc2cccc(C(F)(F)F)c2)C1=O. The number of non-ortho nitro benzene ring substituents is 1. The predicted molar refractivity (Wildman–Crippen MR) is 91.0 cm³/mol. The van der Waals surface area contributed by atoms with E-state index in [9.17, 15) is 32.9 Å². The lowest BCUT2D eigenvalue weighted by molar-refractivity contribution is -0.384. The van der Waals surface area contributed by atoms with Crippen molar-refractivity contribution in [1.29, 1.82) is 0 Å². The molecule has 0 saturated carbocycles. The van der Waals surface area contributed by atoms with Gasteiger partial charge in [-0.05, 0) is 42.3 Å². The number of nitro groups is 1. The van der Waals surface area contributed by atoms with Crippen LogP contribution in [0.15, 0.2) is 48.5 Å². The standard InChI is InChI=1S/C18H14F3N3O4/c1-17(12-5-7-14(8-6-12)24(27)28)15(25)23(16(26)22-17)10-11-3-2-4-13(9-11)18(19,20)21/h2-9H,10H2,1H3,(H,22,26). The van der Waals surface area contributed by atoms with E-state index in [0.717, 1.165) is 17.0 Å². The Labute approximate surface area is 156 Å². The number of nitrogens with zero attached hydrogens (tertiary/aromatic N) is 2. The molecule has 0 aromatic heterocycles. The van der Waals surface area contributed by atoms with Crippen LogP contribution in [0.25, 0.3) is 0 Å². The molecule has 3 rings (SSSR count). The zero-order valence-electron chi connectivity index (χ0n) is 14.5.